The van der Waals surface area contributed by atoms with Gasteiger partial charge in [0.2, 0.25) is 11.6 Å². The number of nitrogens with one attached hydrogen (secondary N) is 1. The summed E-state index contributed by atoms with van der Waals surface area (Å²) in [5.41, 5.74) is 0.931. The van der Waals surface area contributed by atoms with Gasteiger partial charge in [-0.2, -0.15) is 0 Å². The standard InChI is InChI=1S/C13H13N3O3/c1-14-8-10-6-7-13(15-9-10)19-12-5-3-2-4-11(12)16(17)18/h2-7,9,14H,8H2,1H3. The average molecular weight is 259 g/mol. The summed E-state index contributed by atoms with van der Waals surface area (Å²) in [7, 11) is 1.84. The third-order valence-electron chi connectivity index (χ3n) is 2.45. The molecule has 0 aliphatic heterocycles. The van der Waals surface area contributed by atoms with Crippen LogP contribution in [0.4, 0.5) is 5.69 Å². The van der Waals surface area contributed by atoms with E-state index in [2.05, 4.69) is 10.3 Å². The summed E-state index contributed by atoms with van der Waals surface area (Å²) in [5, 5.41) is 13.9. The molecule has 1 N–H and O–H groups in total. The summed E-state index contributed by atoms with van der Waals surface area (Å²) in [4.78, 5) is 14.5. The molecular formula is C13H13N3O3. The number of pyridine rings is 1. The number of benzene rings is 1. The molecule has 0 aliphatic rings. The number of aromatic nitrogens is 1. The van der Waals surface area contributed by atoms with Crippen LogP contribution in [0.3, 0.4) is 0 Å². The smallest absolute Gasteiger partial charge is 0.311 e. The van der Waals surface area contributed by atoms with Crippen LogP contribution in [-0.2, 0) is 6.54 Å². The highest BCUT2D eigenvalue weighted by atomic mass is 16.6. The van der Waals surface area contributed by atoms with E-state index < -0.39 is 4.92 Å². The van der Waals surface area contributed by atoms with Crippen LogP contribution in [0.5, 0.6) is 11.6 Å². The Labute approximate surface area is 110 Å². The molecule has 19 heavy (non-hydrogen) atoms. The lowest BCUT2D eigenvalue weighted by Crippen LogP contribution is -2.05. The number of ether oxygens (including phenoxy) is 1. The number of rotatable bonds is 5. The maximum atomic E-state index is 10.8. The predicted molar refractivity (Wildman–Crippen MR) is 70.2 cm³/mol. The molecule has 0 atom stereocenters. The lowest BCUT2D eigenvalue weighted by atomic mass is 10.3. The highest BCUT2D eigenvalue weighted by Crippen LogP contribution is 2.29. The van der Waals surface area contributed by atoms with Gasteiger partial charge in [-0.1, -0.05) is 18.2 Å². The molecule has 1 aromatic carbocycles. The molecule has 2 aromatic rings. The molecule has 0 saturated heterocycles. The number of nitro benzene ring substituents is 1. The first-order valence-electron chi connectivity index (χ1n) is 5.71. The Morgan fingerprint density at radius 2 is 2.11 bits per heavy atom. The summed E-state index contributed by atoms with van der Waals surface area (Å²) in [5.74, 6) is 0.510. The lowest BCUT2D eigenvalue weighted by Gasteiger charge is -2.06. The summed E-state index contributed by atoms with van der Waals surface area (Å²) >= 11 is 0. The first-order valence-corrected chi connectivity index (χ1v) is 5.71. The van der Waals surface area contributed by atoms with Crippen molar-refractivity contribution in [2.24, 2.45) is 0 Å². The van der Waals surface area contributed by atoms with Crippen LogP contribution < -0.4 is 10.1 Å². The van der Waals surface area contributed by atoms with Crippen LogP contribution in [-0.4, -0.2) is 17.0 Å². The van der Waals surface area contributed by atoms with Gasteiger partial charge in [-0.25, -0.2) is 4.98 Å². The molecule has 6 nitrogen and oxygen atoms in total. The van der Waals surface area contributed by atoms with Gasteiger partial charge in [0.25, 0.3) is 0 Å². The third-order valence-corrected chi connectivity index (χ3v) is 2.45. The van der Waals surface area contributed by atoms with Crippen molar-refractivity contribution in [2.45, 2.75) is 6.54 Å². The summed E-state index contributed by atoms with van der Waals surface area (Å²) in [6, 6.07) is 9.75. The Balaban J connectivity index is 2.19. The molecule has 6 heteroatoms. The Kier molecular flexibility index (Phi) is 4.04. The van der Waals surface area contributed by atoms with E-state index >= 15 is 0 Å². The van der Waals surface area contributed by atoms with E-state index in [1.54, 1.807) is 30.5 Å². The largest absolute Gasteiger partial charge is 0.432 e. The molecule has 0 bridgehead atoms. The van der Waals surface area contributed by atoms with Gasteiger partial charge in [-0.15, -0.1) is 0 Å². The van der Waals surface area contributed by atoms with Crippen LogP contribution in [0.1, 0.15) is 5.56 Å². The van der Waals surface area contributed by atoms with Crippen molar-refractivity contribution in [3.8, 4) is 11.6 Å². The zero-order valence-electron chi connectivity index (χ0n) is 10.4. The molecule has 0 amide bonds. The van der Waals surface area contributed by atoms with Crippen LogP contribution in [0.2, 0.25) is 0 Å². The van der Waals surface area contributed by atoms with Crippen molar-refractivity contribution in [2.75, 3.05) is 7.05 Å². The Hall–Kier alpha value is -2.47. The van der Waals surface area contributed by atoms with E-state index in [1.807, 2.05) is 13.1 Å². The quantitative estimate of drug-likeness (QED) is 0.659. The van der Waals surface area contributed by atoms with Gasteiger partial charge in [0, 0.05) is 24.9 Å². The van der Waals surface area contributed by atoms with Crippen molar-refractivity contribution < 1.29 is 9.66 Å². The topological polar surface area (TPSA) is 77.3 Å². The Morgan fingerprint density at radius 1 is 1.32 bits per heavy atom. The molecule has 0 unspecified atom stereocenters. The van der Waals surface area contributed by atoms with E-state index in [1.165, 1.54) is 6.07 Å². The van der Waals surface area contributed by atoms with Gasteiger partial charge in [-0.3, -0.25) is 10.1 Å². The number of nitro groups is 1. The molecule has 1 aromatic heterocycles. The molecule has 0 spiro atoms. The van der Waals surface area contributed by atoms with Gasteiger partial charge in [0.05, 0.1) is 4.92 Å². The fourth-order valence-corrected chi connectivity index (χ4v) is 1.59. The van der Waals surface area contributed by atoms with E-state index in [0.717, 1.165) is 5.56 Å². The number of hydrogen-bond donors (Lipinski definition) is 1. The van der Waals surface area contributed by atoms with Crippen molar-refractivity contribution in [3.05, 3.63) is 58.3 Å². The minimum absolute atomic E-state index is 0.0800. The first-order chi connectivity index (χ1) is 9.20. The minimum atomic E-state index is -0.481. The van der Waals surface area contributed by atoms with Crippen molar-refractivity contribution in [3.63, 3.8) is 0 Å². The fourth-order valence-electron chi connectivity index (χ4n) is 1.59. The second-order valence-electron chi connectivity index (χ2n) is 3.86. The molecule has 0 radical (unpaired) electrons. The molecule has 2 rings (SSSR count). The van der Waals surface area contributed by atoms with E-state index in [4.69, 9.17) is 4.74 Å². The van der Waals surface area contributed by atoms with Crippen molar-refractivity contribution in [1.82, 2.24) is 10.3 Å². The van der Waals surface area contributed by atoms with Gasteiger partial charge in [0.15, 0.2) is 0 Å². The molecule has 0 fully saturated rings. The zero-order valence-corrected chi connectivity index (χ0v) is 10.4. The summed E-state index contributed by atoms with van der Waals surface area (Å²) < 4.78 is 5.43. The molecule has 1 heterocycles. The minimum Gasteiger partial charge on any atom is -0.432 e. The van der Waals surface area contributed by atoms with Crippen LogP contribution in [0.25, 0.3) is 0 Å². The maximum Gasteiger partial charge on any atom is 0.311 e. The van der Waals surface area contributed by atoms with E-state index in [-0.39, 0.29) is 11.4 Å². The highest BCUT2D eigenvalue weighted by molar-refractivity contribution is 5.47. The van der Waals surface area contributed by atoms with Crippen molar-refractivity contribution >= 4 is 5.69 Å². The van der Waals surface area contributed by atoms with Crippen molar-refractivity contribution in [1.29, 1.82) is 0 Å². The third kappa shape index (κ3) is 3.26. The summed E-state index contributed by atoms with van der Waals surface area (Å²) in [6.45, 7) is 0.707. The second kappa shape index (κ2) is 5.92. The van der Waals surface area contributed by atoms with Gasteiger partial charge < -0.3 is 10.1 Å². The number of para-hydroxylation sites is 2. The number of nitrogens with zero attached hydrogens (tertiary/aromatic N) is 2. The van der Waals surface area contributed by atoms with E-state index in [9.17, 15) is 10.1 Å². The molecular weight excluding hydrogens is 246 g/mol. The normalized spacial score (nSPS) is 10.2. The van der Waals surface area contributed by atoms with Crippen LogP contribution in [0, 0.1) is 10.1 Å². The first kappa shape index (κ1) is 13.0. The van der Waals surface area contributed by atoms with Crippen LogP contribution >= 0.6 is 0 Å². The molecule has 0 saturated carbocycles. The average Bonchev–Trinajstić information content (AvgIpc) is 2.42. The number of hydrogen-bond acceptors (Lipinski definition) is 5. The lowest BCUT2D eigenvalue weighted by molar-refractivity contribution is -0.385. The Morgan fingerprint density at radius 3 is 2.74 bits per heavy atom. The molecule has 98 valence electrons. The zero-order chi connectivity index (χ0) is 13.7. The summed E-state index contributed by atoms with van der Waals surface area (Å²) in [6.07, 6.45) is 1.67. The van der Waals surface area contributed by atoms with E-state index in [0.29, 0.717) is 12.4 Å². The van der Waals surface area contributed by atoms with Gasteiger partial charge >= 0.3 is 5.69 Å². The van der Waals surface area contributed by atoms with Gasteiger partial charge in [-0.05, 0) is 18.7 Å². The SMILES string of the molecule is CNCc1ccc(Oc2ccccc2[N+](=O)[O-])nc1. The Bertz CT molecular complexity index is 570. The molecule has 0 aliphatic carbocycles. The van der Waals surface area contributed by atoms with Gasteiger partial charge in [0.1, 0.15) is 0 Å². The maximum absolute atomic E-state index is 10.8. The monoisotopic (exact) mass is 259 g/mol. The van der Waals surface area contributed by atoms with Crippen LogP contribution in [0.15, 0.2) is 42.6 Å². The second-order valence-corrected chi connectivity index (χ2v) is 3.86. The fraction of sp³-hybridized carbons (Fsp3) is 0.154. The predicted octanol–water partition coefficient (Wildman–Crippen LogP) is 2.50. The highest BCUT2D eigenvalue weighted by Gasteiger charge is 2.14.